The van der Waals surface area contributed by atoms with E-state index in [0.29, 0.717) is 5.03 Å². The Morgan fingerprint density at radius 2 is 2.60 bits per heavy atom. The molecule has 52 valence electrons. The van der Waals surface area contributed by atoms with Crippen LogP contribution in [0.2, 0.25) is 0 Å². The number of nitrogens with zero attached hydrogens (tertiary/aromatic N) is 1. The molecule has 3 nitrogen and oxygen atoms in total. The van der Waals surface area contributed by atoms with Gasteiger partial charge in [-0.2, -0.15) is 5.26 Å². The van der Waals surface area contributed by atoms with Gasteiger partial charge in [0.15, 0.2) is 0 Å². The lowest BCUT2D eigenvalue weighted by atomic mass is 10.4. The highest BCUT2D eigenvalue weighted by Gasteiger charge is 2.23. The van der Waals surface area contributed by atoms with Crippen LogP contribution in [-0.2, 0) is 4.79 Å². The van der Waals surface area contributed by atoms with E-state index in [2.05, 4.69) is 5.32 Å². The average Bonchev–Trinajstić information content (AvgIpc) is 2.14. The van der Waals surface area contributed by atoms with Crippen molar-refractivity contribution in [2.45, 2.75) is 12.2 Å². The number of thioether (sulfide) groups is 1. The molecule has 1 rings (SSSR count). The third-order valence-electron chi connectivity index (χ3n) is 1.12. The summed E-state index contributed by atoms with van der Waals surface area (Å²) in [6.07, 6.45) is 1.34. The van der Waals surface area contributed by atoms with Crippen molar-refractivity contribution in [2.75, 3.05) is 0 Å². The summed E-state index contributed by atoms with van der Waals surface area (Å²) in [4.78, 5) is 10.8. The zero-order valence-corrected chi connectivity index (χ0v) is 6.23. The van der Waals surface area contributed by atoms with Crippen LogP contribution in [0, 0.1) is 11.3 Å². The summed E-state index contributed by atoms with van der Waals surface area (Å²) in [5.74, 6) is -0.0218. The van der Waals surface area contributed by atoms with Crippen molar-refractivity contribution >= 4 is 17.7 Å². The van der Waals surface area contributed by atoms with Crippen LogP contribution in [-0.4, -0.2) is 11.2 Å². The fourth-order valence-electron chi connectivity index (χ4n) is 0.625. The summed E-state index contributed by atoms with van der Waals surface area (Å²) in [6, 6.07) is 1.85. The molecule has 0 aliphatic carbocycles. The van der Waals surface area contributed by atoms with Gasteiger partial charge < -0.3 is 5.32 Å². The minimum absolute atomic E-state index is 0.0218. The molecule has 0 aromatic carbocycles. The summed E-state index contributed by atoms with van der Waals surface area (Å²) in [6.45, 7) is 1.80. The zero-order chi connectivity index (χ0) is 7.56. The van der Waals surface area contributed by atoms with E-state index in [1.54, 1.807) is 6.92 Å². The van der Waals surface area contributed by atoms with Gasteiger partial charge in [0.2, 0.25) is 5.91 Å². The van der Waals surface area contributed by atoms with Crippen molar-refractivity contribution in [1.29, 1.82) is 5.26 Å². The molecule has 1 amide bonds. The fraction of sp³-hybridized carbons (Fsp3) is 0.333. The third kappa shape index (κ3) is 1.31. The van der Waals surface area contributed by atoms with Gasteiger partial charge in [-0.25, -0.2) is 0 Å². The van der Waals surface area contributed by atoms with Gasteiger partial charge in [-0.05, 0) is 6.92 Å². The highest BCUT2D eigenvalue weighted by molar-refractivity contribution is 8.04. The van der Waals surface area contributed by atoms with E-state index >= 15 is 0 Å². The van der Waals surface area contributed by atoms with Gasteiger partial charge >= 0.3 is 0 Å². The molecule has 0 saturated carbocycles. The number of nitrogens with one attached hydrogen (secondary N) is 1. The molecular weight excluding hydrogens is 148 g/mol. The highest BCUT2D eigenvalue weighted by Crippen LogP contribution is 2.25. The van der Waals surface area contributed by atoms with Crippen LogP contribution >= 0.6 is 11.8 Å². The number of nitriles is 1. The first-order chi connectivity index (χ1) is 4.74. The van der Waals surface area contributed by atoms with Crippen LogP contribution in [0.5, 0.6) is 0 Å². The smallest absolute Gasteiger partial charge is 0.238 e. The lowest BCUT2D eigenvalue weighted by Gasteiger charge is -1.88. The topological polar surface area (TPSA) is 52.9 Å². The van der Waals surface area contributed by atoms with Crippen LogP contribution in [0.4, 0.5) is 0 Å². The molecule has 0 radical (unpaired) electrons. The van der Waals surface area contributed by atoms with Gasteiger partial charge in [-0.3, -0.25) is 4.79 Å². The number of hydrogen-bond acceptors (Lipinski definition) is 3. The monoisotopic (exact) mass is 154 g/mol. The SMILES string of the molecule is CC1SC(=CC#N)NC1=O. The van der Waals surface area contributed by atoms with Crippen molar-refractivity contribution in [1.82, 2.24) is 5.32 Å². The molecule has 1 heterocycles. The standard InChI is InChI=1S/C6H6N2OS/c1-4-6(9)8-5(10-4)2-3-7/h2,4H,1H3,(H,8,9). The minimum atomic E-state index is -0.0559. The molecule has 0 spiro atoms. The number of amides is 1. The van der Waals surface area contributed by atoms with E-state index in [9.17, 15) is 4.79 Å². The van der Waals surface area contributed by atoms with Crippen molar-refractivity contribution in [2.24, 2.45) is 0 Å². The Morgan fingerprint density at radius 1 is 1.90 bits per heavy atom. The van der Waals surface area contributed by atoms with Gasteiger partial charge in [0, 0.05) is 6.08 Å². The summed E-state index contributed by atoms with van der Waals surface area (Å²) in [5, 5.41) is 11.4. The zero-order valence-electron chi connectivity index (χ0n) is 5.42. The van der Waals surface area contributed by atoms with Crippen molar-refractivity contribution < 1.29 is 4.79 Å². The van der Waals surface area contributed by atoms with E-state index < -0.39 is 0 Å². The summed E-state index contributed by atoms with van der Waals surface area (Å²) >= 11 is 1.38. The molecule has 0 aromatic rings. The van der Waals surface area contributed by atoms with E-state index in [-0.39, 0.29) is 11.2 Å². The van der Waals surface area contributed by atoms with E-state index in [0.717, 1.165) is 0 Å². The second-order valence-electron chi connectivity index (χ2n) is 1.89. The number of carbonyl (C=O) groups is 1. The molecular formula is C6H6N2OS. The molecule has 1 N–H and O–H groups in total. The van der Waals surface area contributed by atoms with Gasteiger partial charge in [-0.15, -0.1) is 0 Å². The summed E-state index contributed by atoms with van der Waals surface area (Å²) in [5.41, 5.74) is 0. The first-order valence-electron chi connectivity index (χ1n) is 2.81. The normalized spacial score (nSPS) is 28.2. The van der Waals surface area contributed by atoms with Crippen LogP contribution in [0.1, 0.15) is 6.92 Å². The Labute approximate surface area is 63.1 Å². The van der Waals surface area contributed by atoms with Crippen molar-refractivity contribution in [3.05, 3.63) is 11.1 Å². The number of hydrogen-bond donors (Lipinski definition) is 1. The molecule has 0 aromatic heterocycles. The second-order valence-corrected chi connectivity index (χ2v) is 3.27. The van der Waals surface area contributed by atoms with Gasteiger partial charge in [0.25, 0.3) is 0 Å². The Balaban J connectivity index is 2.68. The molecule has 1 saturated heterocycles. The maximum absolute atomic E-state index is 10.8. The van der Waals surface area contributed by atoms with E-state index in [1.807, 2.05) is 6.07 Å². The van der Waals surface area contributed by atoms with Crippen molar-refractivity contribution in [3.63, 3.8) is 0 Å². The Bertz CT molecular complexity index is 228. The van der Waals surface area contributed by atoms with Crippen LogP contribution < -0.4 is 5.32 Å². The van der Waals surface area contributed by atoms with E-state index in [4.69, 9.17) is 5.26 Å². The minimum Gasteiger partial charge on any atom is -0.319 e. The molecule has 1 aliphatic rings. The maximum Gasteiger partial charge on any atom is 0.238 e. The van der Waals surface area contributed by atoms with Crippen LogP contribution in [0.25, 0.3) is 0 Å². The Kier molecular flexibility index (Phi) is 1.97. The Hall–Kier alpha value is -0.950. The van der Waals surface area contributed by atoms with Crippen LogP contribution in [0.3, 0.4) is 0 Å². The quantitative estimate of drug-likeness (QED) is 0.520. The van der Waals surface area contributed by atoms with Crippen LogP contribution in [0.15, 0.2) is 11.1 Å². The predicted octanol–water partition coefficient (Wildman–Crippen LogP) is 0.603. The molecule has 1 unspecified atom stereocenters. The number of carbonyl (C=O) groups excluding carboxylic acids is 1. The molecule has 4 heteroatoms. The lowest BCUT2D eigenvalue weighted by molar-refractivity contribution is -0.118. The molecule has 10 heavy (non-hydrogen) atoms. The van der Waals surface area contributed by atoms with Gasteiger partial charge in [0.05, 0.1) is 16.3 Å². The predicted molar refractivity (Wildman–Crippen MR) is 38.9 cm³/mol. The largest absolute Gasteiger partial charge is 0.319 e. The fourth-order valence-corrected chi connectivity index (χ4v) is 1.45. The summed E-state index contributed by atoms with van der Waals surface area (Å²) < 4.78 is 0. The molecule has 0 bridgehead atoms. The van der Waals surface area contributed by atoms with Gasteiger partial charge in [0.1, 0.15) is 0 Å². The summed E-state index contributed by atoms with van der Waals surface area (Å²) in [7, 11) is 0. The second kappa shape index (κ2) is 2.76. The highest BCUT2D eigenvalue weighted by atomic mass is 32.2. The van der Waals surface area contributed by atoms with Crippen molar-refractivity contribution in [3.8, 4) is 6.07 Å². The molecule has 1 fully saturated rings. The first-order valence-corrected chi connectivity index (χ1v) is 3.69. The van der Waals surface area contributed by atoms with E-state index in [1.165, 1.54) is 17.8 Å². The lowest BCUT2D eigenvalue weighted by Crippen LogP contribution is -2.19. The van der Waals surface area contributed by atoms with Gasteiger partial charge in [-0.1, -0.05) is 11.8 Å². The number of rotatable bonds is 0. The molecule has 1 atom stereocenters. The number of allylic oxidation sites excluding steroid dienone is 1. The first kappa shape index (κ1) is 7.16. The molecule has 1 aliphatic heterocycles. The third-order valence-corrected chi connectivity index (χ3v) is 2.16. The maximum atomic E-state index is 10.8. The average molecular weight is 154 g/mol. The Morgan fingerprint density at radius 3 is 3.00 bits per heavy atom.